The van der Waals surface area contributed by atoms with Crippen LogP contribution in [0, 0.1) is 13.8 Å². The van der Waals surface area contributed by atoms with Crippen molar-refractivity contribution >= 4 is 11.6 Å². The molecule has 2 aromatic carbocycles. The molecule has 0 saturated carbocycles. The number of nitrogens with zero attached hydrogens (tertiary/aromatic N) is 2. The van der Waals surface area contributed by atoms with Crippen LogP contribution in [0.4, 0.5) is 5.69 Å². The van der Waals surface area contributed by atoms with E-state index in [1.165, 1.54) is 0 Å². The fraction of sp³-hybridized carbons (Fsp3) is 0.105. The lowest BCUT2D eigenvalue weighted by Crippen LogP contribution is -2.12. The fourth-order valence-corrected chi connectivity index (χ4v) is 2.29. The lowest BCUT2D eigenvalue weighted by molar-refractivity contribution is 0.102. The highest BCUT2D eigenvalue weighted by Gasteiger charge is 2.09. The van der Waals surface area contributed by atoms with E-state index in [2.05, 4.69) is 15.3 Å². The molecule has 0 unspecified atom stereocenters. The van der Waals surface area contributed by atoms with Gasteiger partial charge in [-0.3, -0.25) is 4.79 Å². The second kappa shape index (κ2) is 6.91. The summed E-state index contributed by atoms with van der Waals surface area (Å²) >= 11 is 0. The molecule has 0 aliphatic carbocycles. The first-order chi connectivity index (χ1) is 11.6. The molecule has 0 aliphatic rings. The molecule has 24 heavy (non-hydrogen) atoms. The van der Waals surface area contributed by atoms with Crippen molar-refractivity contribution in [3.05, 3.63) is 77.6 Å². The monoisotopic (exact) mass is 319 g/mol. The van der Waals surface area contributed by atoms with E-state index in [1.807, 2.05) is 32.0 Å². The van der Waals surface area contributed by atoms with Crippen molar-refractivity contribution < 1.29 is 9.53 Å². The molecule has 1 N–H and O–H groups in total. The summed E-state index contributed by atoms with van der Waals surface area (Å²) in [6.07, 6.45) is 3.19. The van der Waals surface area contributed by atoms with Crippen LogP contribution in [0.2, 0.25) is 0 Å². The van der Waals surface area contributed by atoms with Crippen LogP contribution in [0.25, 0.3) is 0 Å². The summed E-state index contributed by atoms with van der Waals surface area (Å²) in [6, 6.07) is 14.8. The summed E-state index contributed by atoms with van der Waals surface area (Å²) in [6.45, 7) is 3.99. The third kappa shape index (κ3) is 3.76. The molecule has 3 rings (SSSR count). The summed E-state index contributed by atoms with van der Waals surface area (Å²) in [5.74, 6) is 0.316. The number of benzene rings is 2. The molecule has 1 aromatic heterocycles. The molecule has 0 saturated heterocycles. The molecule has 120 valence electrons. The first kappa shape index (κ1) is 15.7. The van der Waals surface area contributed by atoms with Crippen LogP contribution in [0.3, 0.4) is 0 Å². The summed E-state index contributed by atoms with van der Waals surface area (Å²) in [5, 5.41) is 2.92. The van der Waals surface area contributed by atoms with Gasteiger partial charge in [0.05, 0.1) is 0 Å². The average Bonchev–Trinajstić information content (AvgIpc) is 2.58. The van der Waals surface area contributed by atoms with Crippen LogP contribution in [-0.2, 0) is 0 Å². The van der Waals surface area contributed by atoms with Crippen LogP contribution >= 0.6 is 0 Å². The van der Waals surface area contributed by atoms with Crippen LogP contribution in [0.15, 0.2) is 60.9 Å². The third-order valence-corrected chi connectivity index (χ3v) is 3.48. The lowest BCUT2D eigenvalue weighted by Gasteiger charge is -2.10. The molecule has 0 fully saturated rings. The van der Waals surface area contributed by atoms with Crippen LogP contribution in [-0.4, -0.2) is 15.9 Å². The van der Waals surface area contributed by atoms with Crippen molar-refractivity contribution in [2.24, 2.45) is 0 Å². The van der Waals surface area contributed by atoms with Gasteiger partial charge in [0.1, 0.15) is 5.75 Å². The SMILES string of the molecule is Cc1ccc(NC(=O)c2cccc(Oc3ncccn3)c2)c(C)c1. The molecule has 0 bridgehead atoms. The van der Waals surface area contributed by atoms with Gasteiger partial charge in [-0.1, -0.05) is 23.8 Å². The maximum atomic E-state index is 12.5. The van der Waals surface area contributed by atoms with Crippen molar-refractivity contribution in [1.82, 2.24) is 9.97 Å². The molecule has 0 atom stereocenters. The second-order valence-electron chi connectivity index (χ2n) is 5.43. The fourth-order valence-electron chi connectivity index (χ4n) is 2.29. The zero-order chi connectivity index (χ0) is 16.9. The molecule has 5 nitrogen and oxygen atoms in total. The first-order valence-corrected chi connectivity index (χ1v) is 7.55. The number of aromatic nitrogens is 2. The van der Waals surface area contributed by atoms with E-state index in [9.17, 15) is 4.79 Å². The van der Waals surface area contributed by atoms with Crippen LogP contribution < -0.4 is 10.1 Å². The highest BCUT2D eigenvalue weighted by molar-refractivity contribution is 6.04. The number of amides is 1. The highest BCUT2D eigenvalue weighted by Crippen LogP contribution is 2.21. The van der Waals surface area contributed by atoms with E-state index in [-0.39, 0.29) is 11.9 Å². The molecule has 0 radical (unpaired) electrons. The summed E-state index contributed by atoms with van der Waals surface area (Å²) in [4.78, 5) is 20.5. The van der Waals surface area contributed by atoms with Gasteiger partial charge in [0, 0.05) is 23.6 Å². The second-order valence-corrected chi connectivity index (χ2v) is 5.43. The number of nitrogens with one attached hydrogen (secondary N) is 1. The molecular formula is C19H17N3O2. The normalized spacial score (nSPS) is 10.2. The van der Waals surface area contributed by atoms with Crippen LogP contribution in [0.1, 0.15) is 21.5 Å². The maximum Gasteiger partial charge on any atom is 0.321 e. The predicted molar refractivity (Wildman–Crippen MR) is 92.4 cm³/mol. The molecule has 1 amide bonds. The lowest BCUT2D eigenvalue weighted by atomic mass is 10.1. The van der Waals surface area contributed by atoms with Crippen molar-refractivity contribution in [3.8, 4) is 11.8 Å². The van der Waals surface area contributed by atoms with Gasteiger partial charge in [-0.05, 0) is 49.7 Å². The number of hydrogen-bond acceptors (Lipinski definition) is 4. The van der Waals surface area contributed by atoms with Crippen molar-refractivity contribution in [3.63, 3.8) is 0 Å². The van der Waals surface area contributed by atoms with E-state index in [4.69, 9.17) is 4.74 Å². The Morgan fingerprint density at radius 1 is 1.00 bits per heavy atom. The zero-order valence-corrected chi connectivity index (χ0v) is 13.5. The summed E-state index contributed by atoms with van der Waals surface area (Å²) in [7, 11) is 0. The van der Waals surface area contributed by atoms with E-state index < -0.39 is 0 Å². The van der Waals surface area contributed by atoms with Gasteiger partial charge in [0.15, 0.2) is 0 Å². The van der Waals surface area contributed by atoms with E-state index in [1.54, 1.807) is 42.7 Å². The maximum absolute atomic E-state index is 12.5. The molecule has 1 heterocycles. The van der Waals surface area contributed by atoms with Gasteiger partial charge in [-0.15, -0.1) is 0 Å². The Bertz CT molecular complexity index is 863. The molecular weight excluding hydrogens is 302 g/mol. The highest BCUT2D eigenvalue weighted by atomic mass is 16.5. The minimum absolute atomic E-state index is 0.193. The topological polar surface area (TPSA) is 64.1 Å². The Balaban J connectivity index is 1.77. The predicted octanol–water partition coefficient (Wildman–Crippen LogP) is 4.14. The number of rotatable bonds is 4. The third-order valence-electron chi connectivity index (χ3n) is 3.48. The number of carbonyl (C=O) groups is 1. The van der Waals surface area contributed by atoms with Gasteiger partial charge >= 0.3 is 6.01 Å². The number of anilines is 1. The standard InChI is InChI=1S/C19H17N3O2/c1-13-7-8-17(14(2)11-13)22-18(23)15-5-3-6-16(12-15)24-19-20-9-4-10-21-19/h3-12H,1-2H3,(H,22,23). The minimum Gasteiger partial charge on any atom is -0.424 e. The Morgan fingerprint density at radius 2 is 1.79 bits per heavy atom. The van der Waals surface area contributed by atoms with Gasteiger partial charge in [0.2, 0.25) is 0 Å². The number of hydrogen-bond donors (Lipinski definition) is 1. The minimum atomic E-state index is -0.193. The molecule has 5 heteroatoms. The van der Waals surface area contributed by atoms with E-state index >= 15 is 0 Å². The molecule has 0 spiro atoms. The number of carbonyl (C=O) groups excluding carboxylic acids is 1. The van der Waals surface area contributed by atoms with Crippen molar-refractivity contribution in [1.29, 1.82) is 0 Å². The smallest absolute Gasteiger partial charge is 0.321 e. The number of ether oxygens (including phenoxy) is 1. The number of aryl methyl sites for hydroxylation is 2. The first-order valence-electron chi connectivity index (χ1n) is 7.55. The van der Waals surface area contributed by atoms with Gasteiger partial charge in [-0.25, -0.2) is 9.97 Å². The summed E-state index contributed by atoms with van der Waals surface area (Å²) < 4.78 is 5.56. The Labute approximate surface area is 140 Å². The van der Waals surface area contributed by atoms with E-state index in [0.717, 1.165) is 16.8 Å². The van der Waals surface area contributed by atoms with E-state index in [0.29, 0.717) is 11.3 Å². The zero-order valence-electron chi connectivity index (χ0n) is 13.5. The van der Waals surface area contributed by atoms with Gasteiger partial charge in [0.25, 0.3) is 5.91 Å². The quantitative estimate of drug-likeness (QED) is 0.785. The molecule has 3 aromatic rings. The average molecular weight is 319 g/mol. The Morgan fingerprint density at radius 3 is 2.54 bits per heavy atom. The molecule has 0 aliphatic heterocycles. The van der Waals surface area contributed by atoms with Crippen molar-refractivity contribution in [2.45, 2.75) is 13.8 Å². The largest absolute Gasteiger partial charge is 0.424 e. The summed E-state index contributed by atoms with van der Waals surface area (Å²) in [5.41, 5.74) is 3.48. The van der Waals surface area contributed by atoms with Gasteiger partial charge in [-0.2, -0.15) is 0 Å². The van der Waals surface area contributed by atoms with Gasteiger partial charge < -0.3 is 10.1 Å². The van der Waals surface area contributed by atoms with Crippen molar-refractivity contribution in [2.75, 3.05) is 5.32 Å². The Kier molecular flexibility index (Phi) is 4.52. The van der Waals surface area contributed by atoms with Crippen LogP contribution in [0.5, 0.6) is 11.8 Å². The Hall–Kier alpha value is -3.21.